The van der Waals surface area contributed by atoms with Gasteiger partial charge in [0.25, 0.3) is 0 Å². The second kappa shape index (κ2) is 3.95. The van der Waals surface area contributed by atoms with Crippen molar-refractivity contribution in [3.8, 4) is 0 Å². The Morgan fingerprint density at radius 2 is 1.85 bits per heavy atom. The van der Waals surface area contributed by atoms with Gasteiger partial charge in [0, 0.05) is 12.1 Å². The van der Waals surface area contributed by atoms with E-state index in [4.69, 9.17) is 5.11 Å². The molecule has 3 heteroatoms. The molecule has 78 valence electrons. The van der Waals surface area contributed by atoms with Gasteiger partial charge in [-0.2, -0.15) is 0 Å². The molecule has 3 nitrogen and oxygen atoms in total. The monoisotopic (exact) mass is 187 g/mol. The van der Waals surface area contributed by atoms with E-state index >= 15 is 0 Å². The Balaban J connectivity index is 2.32. The van der Waals surface area contributed by atoms with Crippen LogP contribution >= 0.6 is 0 Å². The van der Waals surface area contributed by atoms with E-state index in [0.29, 0.717) is 6.54 Å². The lowest BCUT2D eigenvalue weighted by molar-refractivity contribution is 0.0263. The van der Waals surface area contributed by atoms with Crippen molar-refractivity contribution in [2.24, 2.45) is 0 Å². The Kier molecular flexibility index (Phi) is 3.33. The lowest BCUT2D eigenvalue weighted by Gasteiger charge is -2.28. The predicted octanol–water partition coefficient (Wildman–Crippen LogP) is 0.652. The quantitative estimate of drug-likeness (QED) is 0.572. The third-order valence-corrected chi connectivity index (χ3v) is 3.26. The van der Waals surface area contributed by atoms with E-state index < -0.39 is 5.60 Å². The molecule has 0 heterocycles. The summed E-state index contributed by atoms with van der Waals surface area (Å²) >= 11 is 0. The molecule has 0 atom stereocenters. The van der Waals surface area contributed by atoms with Crippen molar-refractivity contribution in [3.63, 3.8) is 0 Å². The fraction of sp³-hybridized carbons (Fsp3) is 1.00. The first kappa shape index (κ1) is 11.0. The van der Waals surface area contributed by atoms with Gasteiger partial charge in [-0.15, -0.1) is 0 Å². The van der Waals surface area contributed by atoms with Gasteiger partial charge in [-0.05, 0) is 25.7 Å². The minimum absolute atomic E-state index is 0.0572. The van der Waals surface area contributed by atoms with Gasteiger partial charge in [-0.25, -0.2) is 0 Å². The van der Waals surface area contributed by atoms with Gasteiger partial charge >= 0.3 is 0 Å². The average Bonchev–Trinajstić information content (AvgIpc) is 2.95. The van der Waals surface area contributed by atoms with Crippen LogP contribution in [-0.4, -0.2) is 34.5 Å². The first-order valence-electron chi connectivity index (χ1n) is 5.18. The molecule has 0 aromatic rings. The van der Waals surface area contributed by atoms with Crippen molar-refractivity contribution >= 4 is 0 Å². The lowest BCUT2D eigenvalue weighted by Crippen LogP contribution is -2.46. The van der Waals surface area contributed by atoms with E-state index in [0.717, 1.165) is 25.7 Å². The molecule has 0 bridgehead atoms. The fourth-order valence-corrected chi connectivity index (χ4v) is 1.39. The van der Waals surface area contributed by atoms with Gasteiger partial charge in [-0.1, -0.05) is 13.8 Å². The SMILES string of the molecule is CCC(O)(CC)CNC1(CO)CC1. The van der Waals surface area contributed by atoms with Crippen LogP contribution in [0.2, 0.25) is 0 Å². The highest BCUT2D eigenvalue weighted by molar-refractivity contribution is 5.02. The number of aliphatic hydroxyl groups excluding tert-OH is 1. The maximum atomic E-state index is 9.97. The molecule has 3 N–H and O–H groups in total. The molecule has 0 amide bonds. The van der Waals surface area contributed by atoms with Crippen LogP contribution in [0, 0.1) is 0 Å². The fourth-order valence-electron chi connectivity index (χ4n) is 1.39. The normalized spacial score (nSPS) is 20.3. The summed E-state index contributed by atoms with van der Waals surface area (Å²) in [6.07, 6.45) is 3.59. The van der Waals surface area contributed by atoms with Gasteiger partial charge in [-0.3, -0.25) is 0 Å². The van der Waals surface area contributed by atoms with Crippen LogP contribution in [-0.2, 0) is 0 Å². The van der Waals surface area contributed by atoms with Crippen molar-refractivity contribution < 1.29 is 10.2 Å². The lowest BCUT2D eigenvalue weighted by atomic mass is 9.97. The molecule has 1 aliphatic carbocycles. The highest BCUT2D eigenvalue weighted by Gasteiger charge is 2.42. The first-order valence-corrected chi connectivity index (χ1v) is 5.18. The van der Waals surface area contributed by atoms with Crippen molar-refractivity contribution in [3.05, 3.63) is 0 Å². The number of β-amino-alcohol motifs (C(OH)–C–C–N with tert-alkyl or cyclic N) is 1. The minimum atomic E-state index is -0.592. The van der Waals surface area contributed by atoms with Gasteiger partial charge in [0.05, 0.1) is 12.2 Å². The molecule has 0 spiro atoms. The Hall–Kier alpha value is -0.120. The molecule has 13 heavy (non-hydrogen) atoms. The van der Waals surface area contributed by atoms with Crippen LogP contribution in [0.1, 0.15) is 39.5 Å². The zero-order chi connectivity index (χ0) is 9.95. The molecule has 0 radical (unpaired) electrons. The number of aliphatic hydroxyl groups is 2. The topological polar surface area (TPSA) is 52.5 Å². The second-order valence-corrected chi connectivity index (χ2v) is 4.22. The highest BCUT2D eigenvalue weighted by atomic mass is 16.3. The minimum Gasteiger partial charge on any atom is -0.394 e. The van der Waals surface area contributed by atoms with Crippen molar-refractivity contribution in [1.82, 2.24) is 5.32 Å². The summed E-state index contributed by atoms with van der Waals surface area (Å²) in [5.41, 5.74) is -0.650. The van der Waals surface area contributed by atoms with Crippen LogP contribution < -0.4 is 5.32 Å². The van der Waals surface area contributed by atoms with Gasteiger partial charge < -0.3 is 15.5 Å². The summed E-state index contributed by atoms with van der Waals surface area (Å²) in [5, 5.41) is 22.3. The van der Waals surface area contributed by atoms with Crippen molar-refractivity contribution in [2.45, 2.75) is 50.7 Å². The van der Waals surface area contributed by atoms with Crippen LogP contribution in [0.3, 0.4) is 0 Å². The molecule has 1 saturated carbocycles. The van der Waals surface area contributed by atoms with Gasteiger partial charge in [0.1, 0.15) is 0 Å². The molecule has 0 aromatic heterocycles. The molecule has 0 unspecified atom stereocenters. The Bertz CT molecular complexity index is 162. The maximum Gasteiger partial charge on any atom is 0.0766 e. The summed E-state index contributed by atoms with van der Waals surface area (Å²) in [6, 6.07) is 0. The Labute approximate surface area is 80.2 Å². The molecule has 0 aliphatic heterocycles. The third-order valence-electron chi connectivity index (χ3n) is 3.26. The average molecular weight is 187 g/mol. The molecule has 1 fully saturated rings. The van der Waals surface area contributed by atoms with E-state index in [-0.39, 0.29) is 12.1 Å². The van der Waals surface area contributed by atoms with Crippen LogP contribution in [0.15, 0.2) is 0 Å². The zero-order valence-electron chi connectivity index (χ0n) is 8.64. The third kappa shape index (κ3) is 2.66. The maximum absolute atomic E-state index is 9.97. The summed E-state index contributed by atoms with van der Waals surface area (Å²) in [7, 11) is 0. The molecule has 0 saturated heterocycles. The van der Waals surface area contributed by atoms with E-state index in [1.165, 1.54) is 0 Å². The summed E-state index contributed by atoms with van der Waals surface area (Å²) in [4.78, 5) is 0. The Morgan fingerprint density at radius 3 is 2.15 bits per heavy atom. The molecule has 1 rings (SSSR count). The highest BCUT2D eigenvalue weighted by Crippen LogP contribution is 2.35. The molecular weight excluding hydrogens is 166 g/mol. The van der Waals surface area contributed by atoms with Gasteiger partial charge in [0.15, 0.2) is 0 Å². The van der Waals surface area contributed by atoms with E-state index in [1.54, 1.807) is 0 Å². The van der Waals surface area contributed by atoms with Crippen molar-refractivity contribution in [1.29, 1.82) is 0 Å². The number of hydrogen-bond acceptors (Lipinski definition) is 3. The van der Waals surface area contributed by atoms with Crippen LogP contribution in [0.4, 0.5) is 0 Å². The first-order chi connectivity index (χ1) is 6.10. The van der Waals surface area contributed by atoms with Gasteiger partial charge in [0.2, 0.25) is 0 Å². The smallest absolute Gasteiger partial charge is 0.0766 e. The van der Waals surface area contributed by atoms with Crippen molar-refractivity contribution in [2.75, 3.05) is 13.2 Å². The standard InChI is InChI=1S/C10H21NO2/c1-3-10(13,4-2)7-11-9(8-12)5-6-9/h11-13H,3-8H2,1-2H3. The Morgan fingerprint density at radius 1 is 1.31 bits per heavy atom. The molecule has 1 aliphatic rings. The number of hydrogen-bond donors (Lipinski definition) is 3. The predicted molar refractivity (Wildman–Crippen MR) is 52.6 cm³/mol. The largest absolute Gasteiger partial charge is 0.394 e. The van der Waals surface area contributed by atoms with E-state index in [9.17, 15) is 5.11 Å². The number of rotatable bonds is 6. The van der Waals surface area contributed by atoms with E-state index in [2.05, 4.69) is 5.32 Å². The molecular formula is C10H21NO2. The molecule has 0 aromatic carbocycles. The summed E-state index contributed by atoms with van der Waals surface area (Å²) in [5.74, 6) is 0. The number of nitrogens with one attached hydrogen (secondary N) is 1. The summed E-state index contributed by atoms with van der Waals surface area (Å²) in [6.45, 7) is 4.77. The summed E-state index contributed by atoms with van der Waals surface area (Å²) < 4.78 is 0. The second-order valence-electron chi connectivity index (χ2n) is 4.22. The zero-order valence-corrected chi connectivity index (χ0v) is 8.64. The van der Waals surface area contributed by atoms with Crippen LogP contribution in [0.5, 0.6) is 0 Å². The van der Waals surface area contributed by atoms with Crippen LogP contribution in [0.25, 0.3) is 0 Å². The van der Waals surface area contributed by atoms with E-state index in [1.807, 2.05) is 13.8 Å².